The molecule has 2 aromatic heterocycles. The van der Waals surface area contributed by atoms with Gasteiger partial charge in [0.05, 0.1) is 0 Å². The molecular weight excluding hydrogens is 288 g/mol. The molecule has 2 heterocycles. The number of thioether (sulfide) groups is 1. The molecular formula is C14H20N4O2S. The Morgan fingerprint density at radius 1 is 1.14 bits per heavy atom. The lowest BCUT2D eigenvalue weighted by Crippen LogP contribution is -2.38. The summed E-state index contributed by atoms with van der Waals surface area (Å²) in [7, 11) is 3.11. The molecule has 0 N–H and O–H groups in total. The molecule has 0 amide bonds. The highest BCUT2D eigenvalue weighted by Crippen LogP contribution is 2.27. The molecule has 0 saturated carbocycles. The average Bonchev–Trinajstić information content (AvgIpc) is 2.49. The lowest BCUT2D eigenvalue weighted by atomic mass is 10.3. The zero-order valence-corrected chi connectivity index (χ0v) is 13.8. The molecule has 0 aliphatic rings. The van der Waals surface area contributed by atoms with E-state index in [9.17, 15) is 9.59 Å². The quantitative estimate of drug-likeness (QED) is 0.632. The molecule has 0 fully saturated rings. The minimum absolute atomic E-state index is 0.332. The highest BCUT2D eigenvalue weighted by atomic mass is 32.2. The molecule has 0 aliphatic carbocycles. The summed E-state index contributed by atoms with van der Waals surface area (Å²) in [5.41, 5.74) is -0.282. The van der Waals surface area contributed by atoms with E-state index in [2.05, 4.69) is 23.8 Å². The predicted octanol–water partition coefficient (Wildman–Crippen LogP) is 1.48. The van der Waals surface area contributed by atoms with E-state index in [4.69, 9.17) is 0 Å². The molecule has 0 bridgehead atoms. The molecule has 2 rings (SSSR count). The van der Waals surface area contributed by atoms with Gasteiger partial charge in [0, 0.05) is 25.8 Å². The van der Waals surface area contributed by atoms with Crippen molar-refractivity contribution >= 4 is 22.8 Å². The second kappa shape index (κ2) is 6.01. The first-order valence-electron chi connectivity index (χ1n) is 7.03. The Balaban J connectivity index is 2.89. The van der Waals surface area contributed by atoms with Crippen molar-refractivity contribution in [3.05, 3.63) is 26.7 Å². The van der Waals surface area contributed by atoms with Crippen molar-refractivity contribution in [2.24, 2.45) is 14.1 Å². The summed E-state index contributed by atoms with van der Waals surface area (Å²) in [5.74, 6) is 0.650. The summed E-state index contributed by atoms with van der Waals surface area (Å²) in [6.45, 7) is 6.14. The summed E-state index contributed by atoms with van der Waals surface area (Å²) in [6.07, 6.45) is 1.64. The molecule has 0 spiro atoms. The van der Waals surface area contributed by atoms with Gasteiger partial charge in [-0.1, -0.05) is 20.8 Å². The van der Waals surface area contributed by atoms with Crippen molar-refractivity contribution in [2.45, 2.75) is 43.9 Å². The molecule has 0 saturated heterocycles. The van der Waals surface area contributed by atoms with Crippen LogP contribution in [0.15, 0.2) is 14.6 Å². The fourth-order valence-corrected chi connectivity index (χ4v) is 2.99. The van der Waals surface area contributed by atoms with Crippen LogP contribution in [0.3, 0.4) is 0 Å². The van der Waals surface area contributed by atoms with Gasteiger partial charge in [-0.3, -0.25) is 13.9 Å². The Labute approximate surface area is 127 Å². The number of nitrogens with zero attached hydrogens (tertiary/aromatic N) is 4. The van der Waals surface area contributed by atoms with Crippen LogP contribution in [0, 0.1) is 0 Å². The molecule has 0 aliphatic heterocycles. The van der Waals surface area contributed by atoms with Gasteiger partial charge in [0.15, 0.2) is 5.65 Å². The monoisotopic (exact) mass is 308 g/mol. The lowest BCUT2D eigenvalue weighted by molar-refractivity contribution is 0.698. The zero-order chi connectivity index (χ0) is 15.7. The van der Waals surface area contributed by atoms with E-state index >= 15 is 0 Å². The van der Waals surface area contributed by atoms with Gasteiger partial charge in [0.25, 0.3) is 5.56 Å². The second-order valence-corrected chi connectivity index (χ2v) is 6.47. The largest absolute Gasteiger partial charge is 0.332 e. The molecule has 7 heteroatoms. The summed E-state index contributed by atoms with van der Waals surface area (Å²) in [6, 6.07) is 0. The third-order valence-corrected chi connectivity index (χ3v) is 4.77. The molecule has 0 aromatic carbocycles. The highest BCUT2D eigenvalue weighted by Gasteiger charge is 2.18. The van der Waals surface area contributed by atoms with Gasteiger partial charge in [-0.15, -0.1) is 11.8 Å². The third-order valence-electron chi connectivity index (χ3n) is 3.52. The molecule has 0 radical (unpaired) electrons. The van der Waals surface area contributed by atoms with Crippen molar-refractivity contribution in [1.82, 2.24) is 19.1 Å². The average molecular weight is 308 g/mol. The number of aromatic nitrogens is 4. The van der Waals surface area contributed by atoms with Gasteiger partial charge in [-0.25, -0.2) is 14.8 Å². The second-order valence-electron chi connectivity index (χ2n) is 5.04. The van der Waals surface area contributed by atoms with Crippen molar-refractivity contribution in [2.75, 3.05) is 0 Å². The van der Waals surface area contributed by atoms with Crippen LogP contribution < -0.4 is 11.2 Å². The zero-order valence-electron chi connectivity index (χ0n) is 13.0. The van der Waals surface area contributed by atoms with Crippen molar-refractivity contribution < 1.29 is 0 Å². The fourth-order valence-electron chi connectivity index (χ4n) is 1.99. The van der Waals surface area contributed by atoms with E-state index in [0.29, 0.717) is 33.6 Å². The maximum absolute atomic E-state index is 12.4. The van der Waals surface area contributed by atoms with E-state index in [0.717, 1.165) is 11.0 Å². The Morgan fingerprint density at radius 2 is 1.81 bits per heavy atom. The topological polar surface area (TPSA) is 69.8 Å². The van der Waals surface area contributed by atoms with E-state index in [1.807, 2.05) is 6.92 Å². The smallest absolute Gasteiger partial charge is 0.280 e. The van der Waals surface area contributed by atoms with Crippen LogP contribution in [-0.2, 0) is 20.5 Å². The fraction of sp³-hybridized carbons (Fsp3) is 0.571. The Bertz CT molecular complexity index is 794. The number of rotatable bonds is 4. The van der Waals surface area contributed by atoms with Crippen molar-refractivity contribution in [3.8, 4) is 0 Å². The molecule has 114 valence electrons. The van der Waals surface area contributed by atoms with Gasteiger partial charge in [-0.2, -0.15) is 0 Å². The first kappa shape index (κ1) is 15.8. The maximum Gasteiger partial charge on any atom is 0.332 e. The highest BCUT2D eigenvalue weighted by molar-refractivity contribution is 8.00. The van der Waals surface area contributed by atoms with E-state index in [1.54, 1.807) is 18.8 Å². The number of hydrogen-bond donors (Lipinski definition) is 0. The summed E-state index contributed by atoms with van der Waals surface area (Å²) < 4.78 is 2.52. The SMILES string of the molecule is CCc1nc(S[C@H](C)CC)c2c(=O)n(C)c(=O)n(C)c2n1. The van der Waals surface area contributed by atoms with Crippen molar-refractivity contribution in [1.29, 1.82) is 0 Å². The van der Waals surface area contributed by atoms with Crippen LogP contribution in [0.2, 0.25) is 0 Å². The van der Waals surface area contributed by atoms with Crippen LogP contribution in [-0.4, -0.2) is 24.4 Å². The molecule has 1 atom stereocenters. The van der Waals surface area contributed by atoms with Gasteiger partial charge in [0.2, 0.25) is 0 Å². The predicted molar refractivity (Wildman–Crippen MR) is 85.0 cm³/mol. The first-order chi connectivity index (χ1) is 9.90. The van der Waals surface area contributed by atoms with E-state index in [1.165, 1.54) is 11.6 Å². The standard InChI is InChI=1S/C14H20N4O2S/c1-6-8(3)21-12-10-11(15-9(7-2)16-12)17(4)14(20)18(5)13(10)19/h8H,6-7H2,1-5H3/t8-/m1/s1. The Morgan fingerprint density at radius 3 is 2.38 bits per heavy atom. The van der Waals surface area contributed by atoms with Gasteiger partial charge in [0.1, 0.15) is 16.2 Å². The number of fused-ring (bicyclic) bond motifs is 1. The van der Waals surface area contributed by atoms with Gasteiger partial charge in [-0.05, 0) is 6.42 Å². The van der Waals surface area contributed by atoms with E-state index < -0.39 is 0 Å². The molecule has 6 nitrogen and oxygen atoms in total. The molecule has 21 heavy (non-hydrogen) atoms. The van der Waals surface area contributed by atoms with Crippen LogP contribution in [0.1, 0.15) is 33.0 Å². The van der Waals surface area contributed by atoms with E-state index in [-0.39, 0.29) is 11.2 Å². The Hall–Kier alpha value is -1.63. The molecule has 0 unspecified atom stereocenters. The maximum atomic E-state index is 12.4. The molecule has 2 aromatic rings. The summed E-state index contributed by atoms with van der Waals surface area (Å²) in [5, 5.41) is 1.44. The summed E-state index contributed by atoms with van der Waals surface area (Å²) in [4.78, 5) is 33.4. The summed E-state index contributed by atoms with van der Waals surface area (Å²) >= 11 is 1.56. The Kier molecular flexibility index (Phi) is 4.51. The van der Waals surface area contributed by atoms with Crippen LogP contribution in [0.4, 0.5) is 0 Å². The first-order valence-corrected chi connectivity index (χ1v) is 7.91. The normalized spacial score (nSPS) is 12.8. The number of hydrogen-bond acceptors (Lipinski definition) is 5. The van der Waals surface area contributed by atoms with Crippen LogP contribution >= 0.6 is 11.8 Å². The van der Waals surface area contributed by atoms with Crippen LogP contribution in [0.5, 0.6) is 0 Å². The van der Waals surface area contributed by atoms with Gasteiger partial charge >= 0.3 is 5.69 Å². The minimum atomic E-state index is -0.368. The third kappa shape index (κ3) is 2.74. The van der Waals surface area contributed by atoms with Crippen LogP contribution in [0.25, 0.3) is 11.0 Å². The minimum Gasteiger partial charge on any atom is -0.280 e. The lowest BCUT2D eigenvalue weighted by Gasteiger charge is -2.13. The number of aryl methyl sites for hydroxylation is 2. The van der Waals surface area contributed by atoms with Gasteiger partial charge < -0.3 is 0 Å². The van der Waals surface area contributed by atoms with Crippen molar-refractivity contribution in [3.63, 3.8) is 0 Å².